The van der Waals surface area contributed by atoms with Gasteiger partial charge in [-0.1, -0.05) is 25.9 Å². The van der Waals surface area contributed by atoms with Gasteiger partial charge in [0.15, 0.2) is 5.76 Å². The van der Waals surface area contributed by atoms with Crippen molar-refractivity contribution in [3.63, 3.8) is 0 Å². The van der Waals surface area contributed by atoms with Crippen LogP contribution in [0.4, 0.5) is 0 Å². The van der Waals surface area contributed by atoms with E-state index in [9.17, 15) is 4.79 Å². The number of fused-ring (bicyclic) bond motifs is 2. The van der Waals surface area contributed by atoms with Crippen molar-refractivity contribution in [3.8, 4) is 11.6 Å². The zero-order chi connectivity index (χ0) is 17.7. The molecule has 1 amide bonds. The molecule has 2 saturated carbocycles. The number of hydrogen-bond donors (Lipinski definition) is 1. The summed E-state index contributed by atoms with van der Waals surface area (Å²) < 4.78 is 10.5. The van der Waals surface area contributed by atoms with E-state index in [0.29, 0.717) is 35.7 Å². The molecule has 2 aliphatic carbocycles. The van der Waals surface area contributed by atoms with Gasteiger partial charge in [0.1, 0.15) is 0 Å². The maximum absolute atomic E-state index is 12.4. The minimum absolute atomic E-state index is 0.0623. The highest BCUT2D eigenvalue weighted by Crippen LogP contribution is 2.65. The molecule has 0 aromatic carbocycles. The van der Waals surface area contributed by atoms with Crippen molar-refractivity contribution in [3.05, 3.63) is 24.3 Å². The Hall–Kier alpha value is -2.11. The monoisotopic (exact) mass is 343 g/mol. The molecule has 25 heavy (non-hydrogen) atoms. The third-order valence-corrected chi connectivity index (χ3v) is 6.90. The van der Waals surface area contributed by atoms with Gasteiger partial charge in [-0.15, -0.1) is 0 Å². The fourth-order valence-corrected chi connectivity index (χ4v) is 4.77. The summed E-state index contributed by atoms with van der Waals surface area (Å²) in [6, 6.07) is 3.82. The van der Waals surface area contributed by atoms with E-state index in [1.54, 1.807) is 18.4 Å². The number of amides is 1. The molecular formula is C19H25N3O3. The van der Waals surface area contributed by atoms with Crippen LogP contribution < -0.4 is 5.32 Å². The highest BCUT2D eigenvalue weighted by molar-refractivity contribution is 5.76. The lowest BCUT2D eigenvalue weighted by atomic mass is 9.69. The van der Waals surface area contributed by atoms with Crippen molar-refractivity contribution in [1.82, 2.24) is 15.5 Å². The van der Waals surface area contributed by atoms with Crippen LogP contribution in [0, 0.1) is 16.7 Å². The molecule has 1 N–H and O–H groups in total. The SMILES string of the molecule is CC1(C)[C@H]2CC[C@@]1(C)[C@@H](NC(=O)CCc1nc(-c3ccco3)no1)C2. The van der Waals surface area contributed by atoms with Gasteiger partial charge in [0.2, 0.25) is 17.6 Å². The molecule has 6 nitrogen and oxygen atoms in total. The molecule has 2 aromatic rings. The second-order valence-corrected chi connectivity index (χ2v) is 8.22. The van der Waals surface area contributed by atoms with Crippen molar-refractivity contribution in [2.45, 2.75) is 58.9 Å². The molecule has 4 rings (SSSR count). The summed E-state index contributed by atoms with van der Waals surface area (Å²) in [6.45, 7) is 7.04. The number of aromatic nitrogens is 2. The predicted octanol–water partition coefficient (Wildman–Crippen LogP) is 3.59. The van der Waals surface area contributed by atoms with E-state index in [4.69, 9.17) is 8.94 Å². The Balaban J connectivity index is 1.33. The smallest absolute Gasteiger partial charge is 0.238 e. The molecule has 0 radical (unpaired) electrons. The molecule has 6 heteroatoms. The normalized spacial score (nSPS) is 29.9. The number of carbonyl (C=O) groups is 1. The quantitative estimate of drug-likeness (QED) is 0.897. The molecule has 134 valence electrons. The van der Waals surface area contributed by atoms with Gasteiger partial charge >= 0.3 is 0 Å². The van der Waals surface area contributed by atoms with E-state index in [1.165, 1.54) is 12.8 Å². The summed E-state index contributed by atoms with van der Waals surface area (Å²) in [5, 5.41) is 7.15. The summed E-state index contributed by atoms with van der Waals surface area (Å²) in [5.74, 6) is 2.22. The Morgan fingerprint density at radius 3 is 2.88 bits per heavy atom. The molecule has 2 bridgehead atoms. The Labute approximate surface area is 147 Å². The second-order valence-electron chi connectivity index (χ2n) is 8.22. The first-order chi connectivity index (χ1) is 11.9. The fraction of sp³-hybridized carbons (Fsp3) is 0.632. The van der Waals surface area contributed by atoms with Gasteiger partial charge in [0.05, 0.1) is 6.26 Å². The first-order valence-corrected chi connectivity index (χ1v) is 9.06. The number of furan rings is 1. The van der Waals surface area contributed by atoms with Gasteiger partial charge in [-0.25, -0.2) is 0 Å². The average molecular weight is 343 g/mol. The van der Waals surface area contributed by atoms with Crippen LogP contribution in [0.1, 0.15) is 52.3 Å². The molecular weight excluding hydrogens is 318 g/mol. The molecule has 3 atom stereocenters. The molecule has 2 aromatic heterocycles. The zero-order valence-corrected chi connectivity index (χ0v) is 15.0. The Kier molecular flexibility index (Phi) is 3.74. The first kappa shape index (κ1) is 16.4. The highest BCUT2D eigenvalue weighted by Gasteiger charge is 2.61. The lowest BCUT2D eigenvalue weighted by molar-refractivity contribution is -0.122. The van der Waals surface area contributed by atoms with E-state index >= 15 is 0 Å². The molecule has 0 unspecified atom stereocenters. The van der Waals surface area contributed by atoms with Gasteiger partial charge in [0.25, 0.3) is 0 Å². The fourth-order valence-electron chi connectivity index (χ4n) is 4.77. The Bertz CT molecular complexity index is 765. The Morgan fingerprint density at radius 1 is 1.40 bits per heavy atom. The summed E-state index contributed by atoms with van der Waals surface area (Å²) in [7, 11) is 0. The third kappa shape index (κ3) is 2.58. The van der Waals surface area contributed by atoms with Crippen molar-refractivity contribution in [2.24, 2.45) is 16.7 Å². The number of nitrogens with one attached hydrogen (secondary N) is 1. The largest absolute Gasteiger partial charge is 0.461 e. The van der Waals surface area contributed by atoms with Crippen molar-refractivity contribution in [2.75, 3.05) is 0 Å². The molecule has 2 fully saturated rings. The highest BCUT2D eigenvalue weighted by atomic mass is 16.5. The molecule has 0 aliphatic heterocycles. The zero-order valence-electron chi connectivity index (χ0n) is 15.0. The summed E-state index contributed by atoms with van der Waals surface area (Å²) in [6.07, 6.45) is 5.95. The molecule has 0 spiro atoms. The maximum Gasteiger partial charge on any atom is 0.238 e. The van der Waals surface area contributed by atoms with Gasteiger partial charge in [-0.3, -0.25) is 4.79 Å². The first-order valence-electron chi connectivity index (χ1n) is 9.06. The minimum Gasteiger partial charge on any atom is -0.461 e. The van der Waals surface area contributed by atoms with E-state index < -0.39 is 0 Å². The number of carbonyl (C=O) groups excluding carboxylic acids is 1. The van der Waals surface area contributed by atoms with Crippen LogP contribution in [0.2, 0.25) is 0 Å². The van der Waals surface area contributed by atoms with Crippen LogP contribution in [0.5, 0.6) is 0 Å². The maximum atomic E-state index is 12.4. The van der Waals surface area contributed by atoms with Crippen molar-refractivity contribution >= 4 is 5.91 Å². The van der Waals surface area contributed by atoms with Crippen LogP contribution in [-0.4, -0.2) is 22.1 Å². The molecule has 2 aliphatic rings. The average Bonchev–Trinajstić information content (AvgIpc) is 3.31. The second kappa shape index (κ2) is 5.71. The molecule has 2 heterocycles. The molecule has 0 saturated heterocycles. The van der Waals surface area contributed by atoms with Crippen molar-refractivity contribution < 1.29 is 13.7 Å². The summed E-state index contributed by atoms with van der Waals surface area (Å²) >= 11 is 0. The standard InChI is InChI=1S/C19H25N3O3/c1-18(2)12-8-9-19(18,3)14(11-12)20-15(23)6-7-16-21-17(22-25-16)13-5-4-10-24-13/h4-5,10,12,14H,6-9,11H2,1-3H3,(H,20,23)/t12-,14-,19-/m0/s1. The van der Waals surface area contributed by atoms with Crippen LogP contribution in [0.3, 0.4) is 0 Å². The van der Waals surface area contributed by atoms with Crippen molar-refractivity contribution in [1.29, 1.82) is 0 Å². The van der Waals surface area contributed by atoms with E-state index in [0.717, 1.165) is 12.3 Å². The van der Waals surface area contributed by atoms with Crippen LogP contribution in [0.25, 0.3) is 11.6 Å². The van der Waals surface area contributed by atoms with Crippen LogP contribution in [0.15, 0.2) is 27.3 Å². The Morgan fingerprint density at radius 2 is 2.24 bits per heavy atom. The minimum atomic E-state index is 0.0623. The van der Waals surface area contributed by atoms with Crippen LogP contribution in [-0.2, 0) is 11.2 Å². The third-order valence-electron chi connectivity index (χ3n) is 6.90. The lowest BCUT2D eigenvalue weighted by Crippen LogP contribution is -2.46. The van der Waals surface area contributed by atoms with E-state index in [-0.39, 0.29) is 17.4 Å². The number of nitrogens with zero attached hydrogens (tertiary/aromatic N) is 2. The summed E-state index contributed by atoms with van der Waals surface area (Å²) in [5.41, 5.74) is 0.500. The lowest BCUT2D eigenvalue weighted by Gasteiger charge is -2.39. The number of aryl methyl sites for hydroxylation is 1. The van der Waals surface area contributed by atoms with Gasteiger partial charge in [-0.05, 0) is 48.1 Å². The van der Waals surface area contributed by atoms with Crippen LogP contribution >= 0.6 is 0 Å². The van der Waals surface area contributed by atoms with Gasteiger partial charge in [0, 0.05) is 18.9 Å². The van der Waals surface area contributed by atoms with Gasteiger partial charge < -0.3 is 14.3 Å². The number of hydrogen-bond acceptors (Lipinski definition) is 5. The van der Waals surface area contributed by atoms with Gasteiger partial charge in [-0.2, -0.15) is 4.98 Å². The summed E-state index contributed by atoms with van der Waals surface area (Å²) in [4.78, 5) is 16.7. The number of rotatable bonds is 5. The van der Waals surface area contributed by atoms with E-state index in [1.807, 2.05) is 0 Å². The van der Waals surface area contributed by atoms with E-state index in [2.05, 4.69) is 36.2 Å². The topological polar surface area (TPSA) is 81.2 Å². The predicted molar refractivity (Wildman–Crippen MR) is 91.5 cm³/mol.